The van der Waals surface area contributed by atoms with Crippen LogP contribution in [0.5, 0.6) is 5.75 Å². The van der Waals surface area contributed by atoms with Gasteiger partial charge in [-0.25, -0.2) is 4.98 Å². The Morgan fingerprint density at radius 2 is 1.73 bits per heavy atom. The Kier molecular flexibility index (Phi) is 5.68. The third-order valence-electron chi connectivity index (χ3n) is 4.03. The SMILES string of the molecule is Cc1csc(N(C(=O)CCOc2c(C)cccc2C)c2ccccc2)n1. The van der Waals surface area contributed by atoms with Gasteiger partial charge in [0.25, 0.3) is 0 Å². The van der Waals surface area contributed by atoms with Crippen LogP contribution in [0, 0.1) is 20.8 Å². The fourth-order valence-corrected chi connectivity index (χ4v) is 3.60. The summed E-state index contributed by atoms with van der Waals surface area (Å²) in [6, 6.07) is 15.6. The molecular weight excluding hydrogens is 344 g/mol. The molecule has 4 nitrogen and oxygen atoms in total. The Labute approximate surface area is 158 Å². The topological polar surface area (TPSA) is 42.4 Å². The molecule has 0 saturated carbocycles. The second kappa shape index (κ2) is 8.15. The van der Waals surface area contributed by atoms with Crippen molar-refractivity contribution in [1.29, 1.82) is 0 Å². The Balaban J connectivity index is 1.74. The average molecular weight is 366 g/mol. The molecule has 5 heteroatoms. The number of nitrogens with zero attached hydrogens (tertiary/aromatic N) is 2. The van der Waals surface area contributed by atoms with Crippen molar-refractivity contribution in [3.05, 3.63) is 70.7 Å². The number of rotatable bonds is 6. The molecule has 1 aromatic heterocycles. The molecule has 0 spiro atoms. The monoisotopic (exact) mass is 366 g/mol. The number of aryl methyl sites for hydroxylation is 3. The van der Waals surface area contributed by atoms with Gasteiger partial charge in [-0.1, -0.05) is 36.4 Å². The van der Waals surface area contributed by atoms with Crippen molar-refractivity contribution in [2.24, 2.45) is 0 Å². The molecule has 26 heavy (non-hydrogen) atoms. The maximum absolute atomic E-state index is 12.9. The zero-order chi connectivity index (χ0) is 18.5. The van der Waals surface area contributed by atoms with E-state index < -0.39 is 0 Å². The minimum Gasteiger partial charge on any atom is -0.493 e. The smallest absolute Gasteiger partial charge is 0.236 e. The van der Waals surface area contributed by atoms with Gasteiger partial charge in [-0.2, -0.15) is 0 Å². The maximum Gasteiger partial charge on any atom is 0.236 e. The lowest BCUT2D eigenvalue weighted by Gasteiger charge is -2.20. The summed E-state index contributed by atoms with van der Waals surface area (Å²) in [5, 5.41) is 2.64. The standard InChI is InChI=1S/C21H22N2O2S/c1-15-8-7-9-16(2)20(15)25-13-12-19(24)23(18-10-5-4-6-11-18)21-22-17(3)14-26-21/h4-11,14H,12-13H2,1-3H3. The molecule has 0 aliphatic carbocycles. The number of hydrogen-bond acceptors (Lipinski definition) is 4. The van der Waals surface area contributed by atoms with Crippen molar-refractivity contribution >= 4 is 28.1 Å². The number of para-hydroxylation sites is 2. The minimum atomic E-state index is -0.0308. The minimum absolute atomic E-state index is 0.0308. The highest BCUT2D eigenvalue weighted by Crippen LogP contribution is 2.29. The van der Waals surface area contributed by atoms with E-state index in [4.69, 9.17) is 4.74 Å². The van der Waals surface area contributed by atoms with Crippen LogP contribution in [0.2, 0.25) is 0 Å². The van der Waals surface area contributed by atoms with Gasteiger partial charge in [-0.3, -0.25) is 9.69 Å². The van der Waals surface area contributed by atoms with Crippen LogP contribution in [0.3, 0.4) is 0 Å². The van der Waals surface area contributed by atoms with E-state index in [0.717, 1.165) is 28.3 Å². The van der Waals surface area contributed by atoms with Crippen LogP contribution in [0.25, 0.3) is 0 Å². The number of carbonyl (C=O) groups is 1. The van der Waals surface area contributed by atoms with E-state index in [-0.39, 0.29) is 12.3 Å². The van der Waals surface area contributed by atoms with Crippen molar-refractivity contribution in [3.8, 4) is 5.75 Å². The van der Waals surface area contributed by atoms with Crippen molar-refractivity contribution in [2.45, 2.75) is 27.2 Å². The number of anilines is 2. The van der Waals surface area contributed by atoms with E-state index in [1.165, 1.54) is 11.3 Å². The Hall–Kier alpha value is -2.66. The molecule has 0 bridgehead atoms. The average Bonchev–Trinajstić information content (AvgIpc) is 3.04. The third kappa shape index (κ3) is 4.11. The maximum atomic E-state index is 12.9. The molecule has 0 atom stereocenters. The fourth-order valence-electron chi connectivity index (χ4n) is 2.76. The Morgan fingerprint density at radius 3 is 2.35 bits per heavy atom. The first kappa shape index (κ1) is 18.1. The van der Waals surface area contributed by atoms with Gasteiger partial charge in [0, 0.05) is 5.38 Å². The van der Waals surface area contributed by atoms with E-state index >= 15 is 0 Å². The second-order valence-electron chi connectivity index (χ2n) is 6.16. The van der Waals surface area contributed by atoms with E-state index in [9.17, 15) is 4.79 Å². The van der Waals surface area contributed by atoms with Gasteiger partial charge in [0.05, 0.1) is 24.4 Å². The molecule has 3 aromatic rings. The van der Waals surface area contributed by atoms with Gasteiger partial charge >= 0.3 is 0 Å². The molecule has 2 aromatic carbocycles. The van der Waals surface area contributed by atoms with Crippen LogP contribution in [0.4, 0.5) is 10.8 Å². The van der Waals surface area contributed by atoms with Crippen LogP contribution < -0.4 is 9.64 Å². The highest BCUT2D eigenvalue weighted by atomic mass is 32.1. The molecule has 134 valence electrons. The number of amides is 1. The predicted molar refractivity (Wildman–Crippen MR) is 106 cm³/mol. The van der Waals surface area contributed by atoms with Gasteiger partial charge in [0.2, 0.25) is 5.91 Å². The van der Waals surface area contributed by atoms with Gasteiger partial charge in [0.1, 0.15) is 5.75 Å². The molecule has 0 aliphatic rings. The number of thiazole rings is 1. The normalized spacial score (nSPS) is 10.6. The van der Waals surface area contributed by atoms with Crippen molar-refractivity contribution in [2.75, 3.05) is 11.5 Å². The van der Waals surface area contributed by atoms with Crippen LogP contribution in [0.15, 0.2) is 53.9 Å². The predicted octanol–water partition coefficient (Wildman–Crippen LogP) is 5.20. The molecule has 0 fully saturated rings. The van der Waals surface area contributed by atoms with Crippen LogP contribution in [-0.2, 0) is 4.79 Å². The number of benzene rings is 2. The highest BCUT2D eigenvalue weighted by Gasteiger charge is 2.20. The van der Waals surface area contributed by atoms with Gasteiger partial charge < -0.3 is 4.74 Å². The Morgan fingerprint density at radius 1 is 1.04 bits per heavy atom. The first-order valence-electron chi connectivity index (χ1n) is 8.55. The Bertz CT molecular complexity index is 870. The molecule has 0 aliphatic heterocycles. The van der Waals surface area contributed by atoms with E-state index in [0.29, 0.717) is 11.7 Å². The summed E-state index contributed by atoms with van der Waals surface area (Å²) in [6.07, 6.45) is 0.279. The molecule has 0 unspecified atom stereocenters. The lowest BCUT2D eigenvalue weighted by atomic mass is 10.1. The quantitative estimate of drug-likeness (QED) is 0.602. The fraction of sp³-hybridized carbons (Fsp3) is 0.238. The summed E-state index contributed by atoms with van der Waals surface area (Å²) >= 11 is 1.47. The lowest BCUT2D eigenvalue weighted by molar-refractivity contribution is -0.118. The summed E-state index contributed by atoms with van der Waals surface area (Å²) in [5.41, 5.74) is 3.88. The van der Waals surface area contributed by atoms with E-state index in [2.05, 4.69) is 4.98 Å². The first-order chi connectivity index (χ1) is 12.6. The van der Waals surface area contributed by atoms with Gasteiger partial charge in [-0.15, -0.1) is 11.3 Å². The zero-order valence-corrected chi connectivity index (χ0v) is 16.0. The van der Waals surface area contributed by atoms with Gasteiger partial charge in [0.15, 0.2) is 5.13 Å². The molecule has 1 amide bonds. The summed E-state index contributed by atoms with van der Waals surface area (Å²) in [7, 11) is 0. The number of carbonyl (C=O) groups excluding carboxylic acids is 1. The number of aromatic nitrogens is 1. The lowest BCUT2D eigenvalue weighted by Crippen LogP contribution is -2.27. The first-order valence-corrected chi connectivity index (χ1v) is 9.43. The van der Waals surface area contributed by atoms with Gasteiger partial charge in [-0.05, 0) is 44.0 Å². The molecule has 0 saturated heterocycles. The summed E-state index contributed by atoms with van der Waals surface area (Å²) in [5.74, 6) is 0.827. The molecule has 0 N–H and O–H groups in total. The van der Waals surface area contributed by atoms with Crippen LogP contribution >= 0.6 is 11.3 Å². The van der Waals surface area contributed by atoms with Crippen molar-refractivity contribution in [3.63, 3.8) is 0 Å². The summed E-state index contributed by atoms with van der Waals surface area (Å²) < 4.78 is 5.90. The molecule has 3 rings (SSSR count). The largest absolute Gasteiger partial charge is 0.493 e. The van der Waals surface area contributed by atoms with Crippen LogP contribution in [0.1, 0.15) is 23.2 Å². The summed E-state index contributed by atoms with van der Waals surface area (Å²) in [4.78, 5) is 19.1. The van der Waals surface area contributed by atoms with Crippen molar-refractivity contribution < 1.29 is 9.53 Å². The zero-order valence-electron chi connectivity index (χ0n) is 15.2. The summed E-state index contributed by atoms with van der Waals surface area (Å²) in [6.45, 7) is 6.29. The van der Waals surface area contributed by atoms with E-state index in [1.54, 1.807) is 4.90 Å². The van der Waals surface area contributed by atoms with E-state index in [1.807, 2.05) is 74.7 Å². The number of ether oxygens (including phenoxy) is 1. The highest BCUT2D eigenvalue weighted by molar-refractivity contribution is 7.14. The molecule has 0 radical (unpaired) electrons. The molecule has 1 heterocycles. The third-order valence-corrected chi connectivity index (χ3v) is 4.98. The second-order valence-corrected chi connectivity index (χ2v) is 6.99. The number of hydrogen-bond donors (Lipinski definition) is 0. The molecular formula is C21H22N2O2S. The van der Waals surface area contributed by atoms with Crippen LogP contribution in [-0.4, -0.2) is 17.5 Å². The van der Waals surface area contributed by atoms with Crippen molar-refractivity contribution in [1.82, 2.24) is 4.98 Å².